The van der Waals surface area contributed by atoms with Gasteiger partial charge in [-0.25, -0.2) is 15.0 Å². The Morgan fingerprint density at radius 1 is 0.404 bits per heavy atom. The quantitative estimate of drug-likeness (QED) is 0.186. The maximum atomic E-state index is 5.12. The van der Waals surface area contributed by atoms with Crippen LogP contribution in [0.2, 0.25) is 0 Å². The van der Waals surface area contributed by atoms with Crippen LogP contribution in [0.25, 0.3) is 93.6 Å². The Morgan fingerprint density at radius 3 is 1.85 bits per heavy atom. The summed E-state index contributed by atoms with van der Waals surface area (Å²) in [6, 6.07) is 47.5. The second-order valence-corrected chi connectivity index (χ2v) is 12.1. The first kappa shape index (κ1) is 24.8. The molecule has 6 aromatic heterocycles. The summed E-state index contributed by atoms with van der Waals surface area (Å²) in [5.41, 5.74) is 10.3. The van der Waals surface area contributed by atoms with Gasteiger partial charge in [-0.15, -0.1) is 0 Å². The third-order valence-electron chi connectivity index (χ3n) is 9.68. The summed E-state index contributed by atoms with van der Waals surface area (Å²) >= 11 is 0. The predicted molar refractivity (Wildman–Crippen MR) is 192 cm³/mol. The molecular weight excluding hydrogens is 576 g/mol. The van der Waals surface area contributed by atoms with Crippen molar-refractivity contribution in [2.75, 3.05) is 0 Å². The Bertz CT molecular complexity index is 3060. The molecule has 11 aromatic rings. The SMILES string of the molecule is c1ccc(-n2c3ccccc3c3cc4c5ccc6c(c7cccnc7n7c8ncccc8nc67)c5n(-c5ccccc5)c4cc32)cc1. The van der Waals surface area contributed by atoms with Crippen LogP contribution in [-0.2, 0) is 0 Å². The maximum Gasteiger partial charge on any atom is 0.166 e. The van der Waals surface area contributed by atoms with Gasteiger partial charge in [0.15, 0.2) is 5.65 Å². The van der Waals surface area contributed by atoms with Gasteiger partial charge in [-0.2, -0.15) is 0 Å². The lowest BCUT2D eigenvalue weighted by atomic mass is 10.0. The van der Waals surface area contributed by atoms with Crippen molar-refractivity contribution in [3.8, 4) is 11.4 Å². The molecule has 0 radical (unpaired) electrons. The van der Waals surface area contributed by atoms with Gasteiger partial charge in [0.1, 0.15) is 16.8 Å². The molecule has 11 rings (SSSR count). The van der Waals surface area contributed by atoms with Crippen LogP contribution < -0.4 is 0 Å². The smallest absolute Gasteiger partial charge is 0.166 e. The molecule has 0 fully saturated rings. The molecular formula is C41H24N6. The normalized spacial score (nSPS) is 12.3. The van der Waals surface area contributed by atoms with Crippen LogP contribution in [0.4, 0.5) is 0 Å². The van der Waals surface area contributed by atoms with Gasteiger partial charge in [0.25, 0.3) is 0 Å². The van der Waals surface area contributed by atoms with E-state index >= 15 is 0 Å². The summed E-state index contributed by atoms with van der Waals surface area (Å²) in [5, 5.41) is 8.14. The van der Waals surface area contributed by atoms with E-state index in [9.17, 15) is 0 Å². The van der Waals surface area contributed by atoms with Gasteiger partial charge < -0.3 is 9.13 Å². The second-order valence-electron chi connectivity index (χ2n) is 12.1. The Balaban J connectivity index is 1.41. The molecule has 6 heterocycles. The first-order valence-electron chi connectivity index (χ1n) is 15.8. The van der Waals surface area contributed by atoms with Gasteiger partial charge in [0.05, 0.1) is 22.1 Å². The Hall–Kier alpha value is -6.53. The first-order chi connectivity index (χ1) is 23.3. The number of aromatic nitrogens is 6. The highest BCUT2D eigenvalue weighted by Crippen LogP contribution is 2.44. The van der Waals surface area contributed by atoms with Crippen molar-refractivity contribution in [2.24, 2.45) is 0 Å². The fourth-order valence-corrected chi connectivity index (χ4v) is 7.79. The number of benzene rings is 5. The van der Waals surface area contributed by atoms with Crippen LogP contribution in [0, 0.1) is 0 Å². The molecule has 0 unspecified atom stereocenters. The minimum Gasteiger partial charge on any atom is -0.309 e. The van der Waals surface area contributed by atoms with E-state index in [1.54, 1.807) is 0 Å². The standard InChI is InChI=1S/C41H24N6/c1-3-11-25(12-4-1)45-34-18-8-7-15-27(34)31-23-32-28-19-20-30-37(38(28)46(36(32)24-35(31)45)26-13-5-2-6-14-26)29-16-9-21-42-39(29)47-40(30)44-33-17-10-22-43-41(33)47/h1-24H. The molecule has 6 nitrogen and oxygen atoms in total. The summed E-state index contributed by atoms with van der Waals surface area (Å²) in [4.78, 5) is 14.8. The molecule has 6 heteroatoms. The van der Waals surface area contributed by atoms with Gasteiger partial charge in [-0.3, -0.25) is 4.40 Å². The predicted octanol–water partition coefficient (Wildman–Crippen LogP) is 9.78. The number of imidazole rings is 1. The number of para-hydroxylation sites is 3. The fraction of sp³-hybridized carbons (Fsp3) is 0. The van der Waals surface area contributed by atoms with Gasteiger partial charge in [0.2, 0.25) is 0 Å². The minimum atomic E-state index is 0.813. The van der Waals surface area contributed by atoms with Crippen molar-refractivity contribution in [2.45, 2.75) is 0 Å². The summed E-state index contributed by atoms with van der Waals surface area (Å²) in [7, 11) is 0. The average Bonchev–Trinajstić information content (AvgIpc) is 3.79. The molecule has 0 saturated heterocycles. The molecule has 218 valence electrons. The largest absolute Gasteiger partial charge is 0.309 e. The summed E-state index contributed by atoms with van der Waals surface area (Å²) < 4.78 is 6.93. The highest BCUT2D eigenvalue weighted by atomic mass is 15.1. The van der Waals surface area contributed by atoms with E-state index in [0.717, 1.165) is 61.0 Å². The van der Waals surface area contributed by atoms with Gasteiger partial charge in [-0.05, 0) is 72.8 Å². The number of pyridine rings is 3. The monoisotopic (exact) mass is 600 g/mol. The molecule has 0 saturated carbocycles. The zero-order valence-electron chi connectivity index (χ0n) is 25.0. The maximum absolute atomic E-state index is 5.12. The number of hydrogen-bond donors (Lipinski definition) is 0. The van der Waals surface area contributed by atoms with Crippen LogP contribution in [-0.4, -0.2) is 28.5 Å². The van der Waals surface area contributed by atoms with Crippen molar-refractivity contribution in [1.82, 2.24) is 28.5 Å². The summed E-state index contributed by atoms with van der Waals surface area (Å²) in [6.45, 7) is 0. The summed E-state index contributed by atoms with van der Waals surface area (Å²) in [6.07, 6.45) is 3.68. The first-order valence-corrected chi connectivity index (χ1v) is 15.8. The third kappa shape index (κ3) is 3.21. The van der Waals surface area contributed by atoms with Crippen LogP contribution >= 0.6 is 0 Å². The van der Waals surface area contributed by atoms with E-state index < -0.39 is 0 Å². The lowest BCUT2D eigenvalue weighted by Gasteiger charge is -2.13. The number of hydrogen-bond acceptors (Lipinski definition) is 3. The van der Waals surface area contributed by atoms with Gasteiger partial charge in [0, 0.05) is 61.5 Å². The van der Waals surface area contributed by atoms with Gasteiger partial charge >= 0.3 is 0 Å². The molecule has 47 heavy (non-hydrogen) atoms. The molecule has 0 bridgehead atoms. The van der Waals surface area contributed by atoms with E-state index in [4.69, 9.17) is 15.0 Å². The molecule has 0 N–H and O–H groups in total. The van der Waals surface area contributed by atoms with Crippen LogP contribution in [0.15, 0.2) is 146 Å². The lowest BCUT2D eigenvalue weighted by Crippen LogP contribution is -1.98. The second kappa shape index (κ2) is 9.02. The van der Waals surface area contributed by atoms with Crippen molar-refractivity contribution < 1.29 is 0 Å². The van der Waals surface area contributed by atoms with Crippen LogP contribution in [0.1, 0.15) is 0 Å². The van der Waals surface area contributed by atoms with Gasteiger partial charge in [-0.1, -0.05) is 60.7 Å². The summed E-state index contributed by atoms with van der Waals surface area (Å²) in [5.74, 6) is 0. The highest BCUT2D eigenvalue weighted by molar-refractivity contribution is 6.29. The number of rotatable bonds is 2. The van der Waals surface area contributed by atoms with E-state index in [1.165, 1.54) is 32.6 Å². The molecule has 0 amide bonds. The van der Waals surface area contributed by atoms with Crippen LogP contribution in [0.5, 0.6) is 0 Å². The van der Waals surface area contributed by atoms with Crippen LogP contribution in [0.3, 0.4) is 0 Å². The van der Waals surface area contributed by atoms with Crippen molar-refractivity contribution >= 4 is 82.2 Å². The molecule has 0 aliphatic rings. The topological polar surface area (TPSA) is 52.9 Å². The molecule has 0 aliphatic heterocycles. The zero-order chi connectivity index (χ0) is 30.6. The highest BCUT2D eigenvalue weighted by Gasteiger charge is 2.23. The van der Waals surface area contributed by atoms with E-state index in [2.05, 4.69) is 129 Å². The number of nitrogens with zero attached hydrogens (tertiary/aromatic N) is 6. The zero-order valence-corrected chi connectivity index (χ0v) is 25.0. The third-order valence-corrected chi connectivity index (χ3v) is 9.68. The lowest BCUT2D eigenvalue weighted by molar-refractivity contribution is 1.17. The average molecular weight is 601 g/mol. The minimum absolute atomic E-state index is 0.813. The Kier molecular flexibility index (Phi) is 4.75. The van der Waals surface area contributed by atoms with Crippen molar-refractivity contribution in [3.05, 3.63) is 146 Å². The fourth-order valence-electron chi connectivity index (χ4n) is 7.79. The van der Waals surface area contributed by atoms with Crippen molar-refractivity contribution in [1.29, 1.82) is 0 Å². The van der Waals surface area contributed by atoms with E-state index in [-0.39, 0.29) is 0 Å². The Morgan fingerprint density at radius 2 is 1.02 bits per heavy atom. The Labute approximate surface area is 267 Å². The van der Waals surface area contributed by atoms with E-state index in [1.807, 2.05) is 30.6 Å². The van der Waals surface area contributed by atoms with Crippen molar-refractivity contribution in [3.63, 3.8) is 0 Å². The molecule has 0 atom stereocenters. The van der Waals surface area contributed by atoms with E-state index in [0.29, 0.717) is 0 Å². The molecule has 5 aromatic carbocycles. The molecule has 0 aliphatic carbocycles. The molecule has 0 spiro atoms. The number of fused-ring (bicyclic) bond motifs is 15.